The maximum Gasteiger partial charge on any atom is 0.255 e. The highest BCUT2D eigenvalue weighted by atomic mass is 19.1. The SMILES string of the molecule is CNC(=O)c1cnc(Nc2ccccc2C)c(NC(=O)c2cc(F)cc(C#N)c2)c1. The van der Waals surface area contributed by atoms with Crippen molar-refractivity contribution in [3.8, 4) is 6.07 Å². The Balaban J connectivity index is 1.99. The Morgan fingerprint density at radius 3 is 2.50 bits per heavy atom. The largest absolute Gasteiger partial charge is 0.355 e. The van der Waals surface area contributed by atoms with Crippen molar-refractivity contribution in [2.75, 3.05) is 17.7 Å². The molecule has 30 heavy (non-hydrogen) atoms. The lowest BCUT2D eigenvalue weighted by Crippen LogP contribution is -2.20. The van der Waals surface area contributed by atoms with E-state index >= 15 is 0 Å². The number of nitrogens with one attached hydrogen (secondary N) is 3. The molecule has 7 nitrogen and oxygen atoms in total. The van der Waals surface area contributed by atoms with Crippen molar-refractivity contribution >= 4 is 29.0 Å². The lowest BCUT2D eigenvalue weighted by Gasteiger charge is -2.15. The minimum Gasteiger partial charge on any atom is -0.355 e. The third-order valence-corrected chi connectivity index (χ3v) is 4.31. The summed E-state index contributed by atoms with van der Waals surface area (Å²) >= 11 is 0. The lowest BCUT2D eigenvalue weighted by atomic mass is 10.1. The quantitative estimate of drug-likeness (QED) is 0.601. The van der Waals surface area contributed by atoms with Gasteiger partial charge in [0.25, 0.3) is 11.8 Å². The van der Waals surface area contributed by atoms with E-state index in [1.54, 1.807) is 0 Å². The van der Waals surface area contributed by atoms with Crippen molar-refractivity contribution in [2.45, 2.75) is 6.92 Å². The van der Waals surface area contributed by atoms with Crippen LogP contribution in [-0.2, 0) is 0 Å². The van der Waals surface area contributed by atoms with Gasteiger partial charge in [0, 0.05) is 24.5 Å². The monoisotopic (exact) mass is 403 g/mol. The number of carbonyl (C=O) groups is 2. The zero-order valence-electron chi connectivity index (χ0n) is 16.3. The van der Waals surface area contributed by atoms with Crippen LogP contribution in [0.5, 0.6) is 0 Å². The number of nitriles is 1. The molecule has 3 aromatic rings. The molecule has 0 saturated heterocycles. The molecule has 8 heteroatoms. The number of nitrogens with zero attached hydrogens (tertiary/aromatic N) is 2. The molecule has 0 atom stereocenters. The average molecular weight is 403 g/mol. The Hall–Kier alpha value is -4.25. The Labute approximate surface area is 172 Å². The molecule has 0 aliphatic carbocycles. The minimum atomic E-state index is -0.699. The number of para-hydroxylation sites is 1. The highest BCUT2D eigenvalue weighted by Crippen LogP contribution is 2.27. The highest BCUT2D eigenvalue weighted by Gasteiger charge is 2.16. The maximum absolute atomic E-state index is 13.7. The summed E-state index contributed by atoms with van der Waals surface area (Å²) in [6.45, 7) is 1.91. The van der Waals surface area contributed by atoms with E-state index in [-0.39, 0.29) is 28.3 Å². The molecule has 3 N–H and O–H groups in total. The molecule has 2 aromatic carbocycles. The number of pyridine rings is 1. The molecule has 1 heterocycles. The molecule has 0 aliphatic heterocycles. The van der Waals surface area contributed by atoms with Crippen LogP contribution in [0, 0.1) is 24.1 Å². The van der Waals surface area contributed by atoms with Gasteiger partial charge in [-0.1, -0.05) is 18.2 Å². The third-order valence-electron chi connectivity index (χ3n) is 4.31. The third kappa shape index (κ3) is 4.59. The van der Waals surface area contributed by atoms with E-state index in [0.29, 0.717) is 5.82 Å². The molecule has 0 spiro atoms. The van der Waals surface area contributed by atoms with E-state index < -0.39 is 11.7 Å². The van der Waals surface area contributed by atoms with Crippen molar-refractivity contribution < 1.29 is 14.0 Å². The van der Waals surface area contributed by atoms with Gasteiger partial charge < -0.3 is 16.0 Å². The summed E-state index contributed by atoms with van der Waals surface area (Å²) in [5, 5.41) is 17.3. The van der Waals surface area contributed by atoms with Crippen molar-refractivity contribution in [2.24, 2.45) is 0 Å². The molecule has 0 saturated carbocycles. The number of amides is 2. The summed E-state index contributed by atoms with van der Waals surface area (Å²) in [5.41, 5.74) is 2.18. The molecule has 2 amide bonds. The molecule has 0 bridgehead atoms. The van der Waals surface area contributed by atoms with Gasteiger partial charge in [0.05, 0.1) is 22.9 Å². The van der Waals surface area contributed by atoms with Crippen molar-refractivity contribution in [1.29, 1.82) is 5.26 Å². The Bertz CT molecular complexity index is 1170. The fraction of sp³-hybridized carbons (Fsp3) is 0.0909. The number of hydrogen-bond donors (Lipinski definition) is 3. The van der Waals surface area contributed by atoms with Crippen LogP contribution >= 0.6 is 0 Å². The van der Waals surface area contributed by atoms with Crippen LogP contribution in [0.3, 0.4) is 0 Å². The van der Waals surface area contributed by atoms with E-state index in [9.17, 15) is 14.0 Å². The van der Waals surface area contributed by atoms with E-state index in [0.717, 1.165) is 23.4 Å². The predicted molar refractivity (Wildman–Crippen MR) is 111 cm³/mol. The van der Waals surface area contributed by atoms with Gasteiger partial charge >= 0.3 is 0 Å². The van der Waals surface area contributed by atoms with Crippen LogP contribution in [0.15, 0.2) is 54.7 Å². The van der Waals surface area contributed by atoms with Gasteiger partial charge in [0.2, 0.25) is 0 Å². The number of aromatic nitrogens is 1. The molecule has 3 rings (SSSR count). The molecule has 1 aromatic heterocycles. The molecular weight excluding hydrogens is 385 g/mol. The normalized spacial score (nSPS) is 10.1. The Morgan fingerprint density at radius 2 is 1.80 bits per heavy atom. The first-order valence-electron chi connectivity index (χ1n) is 8.98. The van der Waals surface area contributed by atoms with E-state index in [4.69, 9.17) is 5.26 Å². The topological polar surface area (TPSA) is 107 Å². The smallest absolute Gasteiger partial charge is 0.255 e. The number of aryl methyl sites for hydroxylation is 1. The first-order chi connectivity index (χ1) is 14.4. The summed E-state index contributed by atoms with van der Waals surface area (Å²) < 4.78 is 13.7. The first-order valence-corrected chi connectivity index (χ1v) is 8.98. The number of anilines is 3. The molecule has 150 valence electrons. The van der Waals surface area contributed by atoms with Crippen molar-refractivity contribution in [3.63, 3.8) is 0 Å². The lowest BCUT2D eigenvalue weighted by molar-refractivity contribution is 0.0961. The fourth-order valence-electron chi connectivity index (χ4n) is 2.75. The number of benzene rings is 2. The molecular formula is C22H18FN5O2. The Kier molecular flexibility index (Phi) is 6.03. The van der Waals surface area contributed by atoms with E-state index in [2.05, 4.69) is 20.9 Å². The number of carbonyl (C=O) groups excluding carboxylic acids is 2. The second-order valence-electron chi connectivity index (χ2n) is 6.43. The maximum atomic E-state index is 13.7. The summed E-state index contributed by atoms with van der Waals surface area (Å²) in [4.78, 5) is 29.0. The molecule has 0 radical (unpaired) electrons. The van der Waals surface area contributed by atoms with Crippen LogP contribution in [-0.4, -0.2) is 23.8 Å². The van der Waals surface area contributed by atoms with Crippen molar-refractivity contribution in [1.82, 2.24) is 10.3 Å². The Morgan fingerprint density at radius 1 is 1.03 bits per heavy atom. The van der Waals surface area contributed by atoms with E-state index in [1.165, 1.54) is 25.4 Å². The number of rotatable bonds is 5. The number of hydrogen-bond acceptors (Lipinski definition) is 5. The van der Waals surface area contributed by atoms with Gasteiger partial charge in [-0.15, -0.1) is 0 Å². The predicted octanol–water partition coefficient (Wildman–Crippen LogP) is 3.76. The summed E-state index contributed by atoms with van der Waals surface area (Å²) in [6, 6.07) is 14.1. The summed E-state index contributed by atoms with van der Waals surface area (Å²) in [7, 11) is 1.48. The molecule has 0 fully saturated rings. The number of halogens is 1. The van der Waals surface area contributed by atoms with Crippen molar-refractivity contribution in [3.05, 3.63) is 82.8 Å². The fourth-order valence-corrected chi connectivity index (χ4v) is 2.75. The zero-order chi connectivity index (χ0) is 21.7. The standard InChI is InChI=1S/C22H18FN5O2/c1-13-5-3-4-6-18(13)27-20-19(10-16(12-26-20)21(29)25-2)28-22(30)15-7-14(11-24)8-17(23)9-15/h3-10,12H,1-2H3,(H,25,29)(H,26,27)(H,28,30). The van der Waals surface area contributed by atoms with Crippen LogP contribution in [0.4, 0.5) is 21.6 Å². The van der Waals surface area contributed by atoms with Crippen LogP contribution in [0.2, 0.25) is 0 Å². The van der Waals surface area contributed by atoms with Gasteiger partial charge in [0.15, 0.2) is 5.82 Å². The van der Waals surface area contributed by atoms with Gasteiger partial charge in [0.1, 0.15) is 5.82 Å². The summed E-state index contributed by atoms with van der Waals surface area (Å²) in [6.07, 6.45) is 1.38. The highest BCUT2D eigenvalue weighted by molar-refractivity contribution is 6.07. The second-order valence-corrected chi connectivity index (χ2v) is 6.43. The average Bonchev–Trinajstić information content (AvgIpc) is 2.75. The van der Waals surface area contributed by atoms with Gasteiger partial charge in [-0.05, 0) is 42.8 Å². The van der Waals surface area contributed by atoms with Gasteiger partial charge in [-0.3, -0.25) is 9.59 Å². The van der Waals surface area contributed by atoms with Gasteiger partial charge in [-0.2, -0.15) is 5.26 Å². The molecule has 0 unspecified atom stereocenters. The zero-order valence-corrected chi connectivity index (χ0v) is 16.3. The van der Waals surface area contributed by atoms with E-state index in [1.807, 2.05) is 37.3 Å². The van der Waals surface area contributed by atoms with Crippen LogP contribution in [0.1, 0.15) is 31.8 Å². The first kappa shape index (κ1) is 20.5. The second kappa shape index (κ2) is 8.84. The summed E-state index contributed by atoms with van der Waals surface area (Å²) in [5.74, 6) is -1.41. The van der Waals surface area contributed by atoms with Crippen LogP contribution in [0.25, 0.3) is 0 Å². The molecule has 0 aliphatic rings. The van der Waals surface area contributed by atoms with Gasteiger partial charge in [-0.25, -0.2) is 9.37 Å². The minimum absolute atomic E-state index is 0.0237. The van der Waals surface area contributed by atoms with Crippen LogP contribution < -0.4 is 16.0 Å².